The zero-order valence-corrected chi connectivity index (χ0v) is 13.1. The fourth-order valence-corrected chi connectivity index (χ4v) is 2.05. The molecule has 0 amide bonds. The van der Waals surface area contributed by atoms with Crippen LogP contribution in [0.2, 0.25) is 5.28 Å². The highest BCUT2D eigenvalue weighted by Crippen LogP contribution is 2.18. The quantitative estimate of drug-likeness (QED) is 0.759. The molecule has 0 unspecified atom stereocenters. The average Bonchev–Trinajstić information content (AvgIpc) is 2.48. The summed E-state index contributed by atoms with van der Waals surface area (Å²) in [5, 5.41) is 6.58. The number of nitrogens with zero attached hydrogens (tertiary/aromatic N) is 3. The summed E-state index contributed by atoms with van der Waals surface area (Å²) < 4.78 is 0. The van der Waals surface area contributed by atoms with Gasteiger partial charge in [0.2, 0.25) is 17.2 Å². The standard InChI is InChI=1S/C15H20ClN5/c1-3-4-10-17-14-19-13(16)20-15(21-14)18-11(2)12-8-6-5-7-9-12/h5-9,11H,3-4,10H2,1-2H3,(H2,17,18,19,20,21)/t11-/m1/s1. The highest BCUT2D eigenvalue weighted by atomic mass is 35.5. The number of benzene rings is 1. The predicted molar refractivity (Wildman–Crippen MR) is 86.7 cm³/mol. The van der Waals surface area contributed by atoms with E-state index in [1.165, 1.54) is 0 Å². The normalized spacial score (nSPS) is 12.0. The third kappa shape index (κ3) is 4.86. The van der Waals surface area contributed by atoms with Gasteiger partial charge in [-0.1, -0.05) is 43.7 Å². The molecule has 1 aromatic heterocycles. The minimum absolute atomic E-state index is 0.0909. The molecule has 2 aromatic rings. The highest BCUT2D eigenvalue weighted by molar-refractivity contribution is 6.28. The van der Waals surface area contributed by atoms with E-state index in [0.717, 1.165) is 24.9 Å². The third-order valence-corrected chi connectivity index (χ3v) is 3.24. The summed E-state index contributed by atoms with van der Waals surface area (Å²) in [4.78, 5) is 12.5. The molecule has 1 heterocycles. The Labute approximate surface area is 130 Å². The molecule has 0 aliphatic heterocycles. The number of unbranched alkanes of at least 4 members (excludes halogenated alkanes) is 1. The Kier molecular flexibility index (Phi) is 5.75. The first-order chi connectivity index (χ1) is 10.2. The monoisotopic (exact) mass is 305 g/mol. The lowest BCUT2D eigenvalue weighted by atomic mass is 10.1. The largest absolute Gasteiger partial charge is 0.354 e. The maximum absolute atomic E-state index is 5.95. The van der Waals surface area contributed by atoms with Gasteiger partial charge in [-0.2, -0.15) is 15.0 Å². The molecule has 21 heavy (non-hydrogen) atoms. The van der Waals surface area contributed by atoms with Gasteiger partial charge in [-0.3, -0.25) is 0 Å². The molecule has 1 atom stereocenters. The average molecular weight is 306 g/mol. The van der Waals surface area contributed by atoms with Crippen molar-refractivity contribution in [3.05, 3.63) is 41.2 Å². The highest BCUT2D eigenvalue weighted by Gasteiger charge is 2.09. The van der Waals surface area contributed by atoms with Crippen LogP contribution >= 0.6 is 11.6 Å². The van der Waals surface area contributed by atoms with Crippen molar-refractivity contribution in [2.24, 2.45) is 0 Å². The number of hydrogen-bond acceptors (Lipinski definition) is 5. The lowest BCUT2D eigenvalue weighted by Crippen LogP contribution is -2.12. The van der Waals surface area contributed by atoms with Crippen molar-refractivity contribution in [1.82, 2.24) is 15.0 Å². The summed E-state index contributed by atoms with van der Waals surface area (Å²) in [5.74, 6) is 0.983. The molecular formula is C15H20ClN5. The second kappa shape index (κ2) is 7.78. The van der Waals surface area contributed by atoms with Gasteiger partial charge in [0.25, 0.3) is 0 Å². The van der Waals surface area contributed by atoms with E-state index in [1.54, 1.807) is 0 Å². The van der Waals surface area contributed by atoms with E-state index in [4.69, 9.17) is 11.6 Å². The van der Waals surface area contributed by atoms with Gasteiger partial charge in [-0.15, -0.1) is 0 Å². The van der Waals surface area contributed by atoms with Crippen LogP contribution in [0.1, 0.15) is 38.3 Å². The maximum Gasteiger partial charge on any atom is 0.229 e. The summed E-state index contributed by atoms with van der Waals surface area (Å²) in [6, 6.07) is 10.2. The zero-order valence-electron chi connectivity index (χ0n) is 12.3. The zero-order chi connectivity index (χ0) is 15.1. The van der Waals surface area contributed by atoms with Gasteiger partial charge < -0.3 is 10.6 Å². The van der Waals surface area contributed by atoms with Crippen molar-refractivity contribution in [3.8, 4) is 0 Å². The molecule has 0 spiro atoms. The third-order valence-electron chi connectivity index (χ3n) is 3.07. The van der Waals surface area contributed by atoms with Crippen LogP contribution in [0.15, 0.2) is 30.3 Å². The summed E-state index contributed by atoms with van der Waals surface area (Å²) in [6.07, 6.45) is 2.18. The van der Waals surface area contributed by atoms with Crippen molar-refractivity contribution < 1.29 is 0 Å². The number of aromatic nitrogens is 3. The summed E-state index contributed by atoms with van der Waals surface area (Å²) >= 11 is 5.95. The number of hydrogen-bond donors (Lipinski definition) is 2. The fourth-order valence-electron chi connectivity index (χ4n) is 1.89. The van der Waals surface area contributed by atoms with Crippen molar-refractivity contribution in [2.75, 3.05) is 17.2 Å². The SMILES string of the molecule is CCCCNc1nc(Cl)nc(N[C@H](C)c2ccccc2)n1. The van der Waals surface area contributed by atoms with Crippen LogP contribution in [-0.2, 0) is 0 Å². The molecule has 0 saturated carbocycles. The second-order valence-corrected chi connectivity index (χ2v) is 5.15. The van der Waals surface area contributed by atoms with Crippen LogP contribution in [0, 0.1) is 0 Å². The Morgan fingerprint density at radius 3 is 2.52 bits per heavy atom. The molecule has 0 aliphatic rings. The number of rotatable bonds is 7. The van der Waals surface area contributed by atoms with Gasteiger partial charge in [0.1, 0.15) is 0 Å². The minimum Gasteiger partial charge on any atom is -0.354 e. The molecule has 0 aliphatic carbocycles. The maximum atomic E-state index is 5.95. The lowest BCUT2D eigenvalue weighted by Gasteiger charge is -2.14. The smallest absolute Gasteiger partial charge is 0.229 e. The van der Waals surface area contributed by atoms with E-state index in [-0.39, 0.29) is 11.3 Å². The number of anilines is 2. The Morgan fingerprint density at radius 2 is 1.81 bits per heavy atom. The van der Waals surface area contributed by atoms with E-state index in [2.05, 4.69) is 51.6 Å². The molecule has 0 saturated heterocycles. The van der Waals surface area contributed by atoms with E-state index < -0.39 is 0 Å². The van der Waals surface area contributed by atoms with Crippen LogP contribution in [0.3, 0.4) is 0 Å². The molecule has 2 rings (SSSR count). The molecule has 1 aromatic carbocycles. The van der Waals surface area contributed by atoms with E-state index in [0.29, 0.717) is 11.9 Å². The molecule has 0 radical (unpaired) electrons. The lowest BCUT2D eigenvalue weighted by molar-refractivity contribution is 0.819. The van der Waals surface area contributed by atoms with Gasteiger partial charge in [-0.05, 0) is 30.5 Å². The summed E-state index contributed by atoms with van der Waals surface area (Å²) in [5.41, 5.74) is 1.16. The fraction of sp³-hybridized carbons (Fsp3) is 0.400. The Balaban J connectivity index is 2.05. The molecule has 5 nitrogen and oxygen atoms in total. The Morgan fingerprint density at radius 1 is 1.10 bits per heavy atom. The summed E-state index contributed by atoms with van der Waals surface area (Å²) in [7, 11) is 0. The molecule has 112 valence electrons. The van der Waals surface area contributed by atoms with E-state index >= 15 is 0 Å². The van der Waals surface area contributed by atoms with Crippen LogP contribution in [-0.4, -0.2) is 21.5 Å². The first kappa shape index (κ1) is 15.5. The van der Waals surface area contributed by atoms with E-state index in [1.807, 2.05) is 18.2 Å². The van der Waals surface area contributed by atoms with Gasteiger partial charge in [-0.25, -0.2) is 0 Å². The van der Waals surface area contributed by atoms with Crippen molar-refractivity contribution >= 4 is 23.5 Å². The topological polar surface area (TPSA) is 62.7 Å². The summed E-state index contributed by atoms with van der Waals surface area (Å²) in [6.45, 7) is 5.01. The molecule has 2 N–H and O–H groups in total. The van der Waals surface area contributed by atoms with Crippen molar-refractivity contribution in [3.63, 3.8) is 0 Å². The molecule has 6 heteroatoms. The molecule has 0 bridgehead atoms. The van der Waals surface area contributed by atoms with Gasteiger partial charge in [0, 0.05) is 6.54 Å². The Bertz CT molecular complexity index is 561. The van der Waals surface area contributed by atoms with Crippen molar-refractivity contribution in [1.29, 1.82) is 0 Å². The molecule has 0 fully saturated rings. The van der Waals surface area contributed by atoms with Crippen LogP contribution in [0.25, 0.3) is 0 Å². The number of nitrogens with one attached hydrogen (secondary N) is 2. The predicted octanol–water partition coefficient (Wildman–Crippen LogP) is 3.91. The van der Waals surface area contributed by atoms with Crippen molar-refractivity contribution in [2.45, 2.75) is 32.7 Å². The van der Waals surface area contributed by atoms with Crippen LogP contribution < -0.4 is 10.6 Å². The Hall–Kier alpha value is -1.88. The van der Waals surface area contributed by atoms with Crippen LogP contribution in [0.5, 0.6) is 0 Å². The first-order valence-corrected chi connectivity index (χ1v) is 7.53. The van der Waals surface area contributed by atoms with Gasteiger partial charge in [0.05, 0.1) is 6.04 Å². The molecular weight excluding hydrogens is 286 g/mol. The van der Waals surface area contributed by atoms with E-state index in [9.17, 15) is 0 Å². The number of halogens is 1. The van der Waals surface area contributed by atoms with Crippen LogP contribution in [0.4, 0.5) is 11.9 Å². The first-order valence-electron chi connectivity index (χ1n) is 7.16. The van der Waals surface area contributed by atoms with Gasteiger partial charge in [0.15, 0.2) is 0 Å². The second-order valence-electron chi connectivity index (χ2n) is 4.81. The van der Waals surface area contributed by atoms with Gasteiger partial charge >= 0.3 is 0 Å². The minimum atomic E-state index is 0.0909.